The van der Waals surface area contributed by atoms with Crippen LogP contribution in [0.1, 0.15) is 22.3 Å². The number of hydrogen-bond donors (Lipinski definition) is 1. The highest BCUT2D eigenvalue weighted by Crippen LogP contribution is 2.35. The molecule has 0 radical (unpaired) electrons. The molecule has 6 nitrogen and oxygen atoms in total. The fourth-order valence-corrected chi connectivity index (χ4v) is 3.78. The number of amides is 1. The minimum Gasteiger partial charge on any atom is -0.397 e. The second kappa shape index (κ2) is 6.22. The summed E-state index contributed by atoms with van der Waals surface area (Å²) in [7, 11) is 0. The molecule has 2 atom stereocenters. The molecule has 130 valence electrons. The maximum atomic E-state index is 14.2. The zero-order chi connectivity index (χ0) is 16.7. The Hall–Kier alpha value is -1.86. The molecular formula is C17H22FN3O3. The molecule has 24 heavy (non-hydrogen) atoms. The predicted octanol–water partition coefficient (Wildman–Crippen LogP) is 1.19. The molecule has 3 heterocycles. The van der Waals surface area contributed by atoms with Gasteiger partial charge in [0.2, 0.25) is 0 Å². The first-order valence-electron chi connectivity index (χ1n) is 8.43. The Morgan fingerprint density at radius 1 is 1.17 bits per heavy atom. The molecular weight excluding hydrogens is 313 g/mol. The number of nitrogens with two attached hydrogens (primary N) is 1. The fraction of sp³-hybridized carbons (Fsp3) is 0.588. The molecule has 0 saturated carbocycles. The molecule has 1 aromatic rings. The molecule has 2 saturated heterocycles. The third kappa shape index (κ3) is 2.61. The number of anilines is 2. The number of fused-ring (bicyclic) bond motifs is 1. The SMILES string of the molecule is Nc1cc2c(cc1N1CCOCC1)C(=O)N([C@H]1CCOC[C@@H]1F)C2. The number of carbonyl (C=O) groups is 1. The summed E-state index contributed by atoms with van der Waals surface area (Å²) in [5, 5.41) is 0. The number of nitrogens with zero attached hydrogens (tertiary/aromatic N) is 2. The van der Waals surface area contributed by atoms with E-state index in [4.69, 9.17) is 15.2 Å². The minimum atomic E-state index is -1.13. The molecule has 2 N–H and O–H groups in total. The van der Waals surface area contributed by atoms with Crippen molar-refractivity contribution in [2.24, 2.45) is 0 Å². The fourth-order valence-electron chi connectivity index (χ4n) is 3.78. The topological polar surface area (TPSA) is 68.0 Å². The van der Waals surface area contributed by atoms with Crippen molar-refractivity contribution in [1.29, 1.82) is 0 Å². The Morgan fingerprint density at radius 3 is 2.71 bits per heavy atom. The van der Waals surface area contributed by atoms with Crippen molar-refractivity contribution in [2.75, 3.05) is 50.2 Å². The van der Waals surface area contributed by atoms with Crippen molar-refractivity contribution in [1.82, 2.24) is 4.90 Å². The van der Waals surface area contributed by atoms with Crippen LogP contribution < -0.4 is 10.6 Å². The van der Waals surface area contributed by atoms with E-state index in [1.807, 2.05) is 12.1 Å². The average molecular weight is 335 g/mol. The summed E-state index contributed by atoms with van der Waals surface area (Å²) in [5.41, 5.74) is 9.27. The van der Waals surface area contributed by atoms with Crippen LogP contribution in [-0.2, 0) is 16.0 Å². The van der Waals surface area contributed by atoms with Gasteiger partial charge in [-0.25, -0.2) is 4.39 Å². The van der Waals surface area contributed by atoms with Crippen LogP contribution in [0.15, 0.2) is 12.1 Å². The number of alkyl halides is 1. The van der Waals surface area contributed by atoms with E-state index in [1.54, 1.807) is 4.90 Å². The third-order valence-electron chi connectivity index (χ3n) is 5.09. The van der Waals surface area contributed by atoms with E-state index in [0.717, 1.165) is 24.3 Å². The van der Waals surface area contributed by atoms with E-state index in [-0.39, 0.29) is 12.5 Å². The smallest absolute Gasteiger partial charge is 0.254 e. The predicted molar refractivity (Wildman–Crippen MR) is 87.9 cm³/mol. The first-order valence-corrected chi connectivity index (χ1v) is 8.43. The van der Waals surface area contributed by atoms with Crippen molar-refractivity contribution < 1.29 is 18.7 Å². The van der Waals surface area contributed by atoms with Gasteiger partial charge in [-0.1, -0.05) is 0 Å². The van der Waals surface area contributed by atoms with Crippen LogP contribution in [0.25, 0.3) is 0 Å². The molecule has 0 aromatic heterocycles. The van der Waals surface area contributed by atoms with E-state index in [2.05, 4.69) is 4.90 Å². The van der Waals surface area contributed by atoms with Gasteiger partial charge in [0.1, 0.15) is 6.17 Å². The summed E-state index contributed by atoms with van der Waals surface area (Å²) in [6, 6.07) is 3.32. The summed E-state index contributed by atoms with van der Waals surface area (Å²) in [4.78, 5) is 16.6. The van der Waals surface area contributed by atoms with Gasteiger partial charge in [-0.15, -0.1) is 0 Å². The van der Waals surface area contributed by atoms with Gasteiger partial charge in [0, 0.05) is 31.8 Å². The quantitative estimate of drug-likeness (QED) is 0.822. The van der Waals surface area contributed by atoms with Crippen LogP contribution in [0.4, 0.5) is 15.8 Å². The average Bonchev–Trinajstić information content (AvgIpc) is 2.91. The van der Waals surface area contributed by atoms with Crippen LogP contribution in [0.5, 0.6) is 0 Å². The van der Waals surface area contributed by atoms with E-state index in [1.165, 1.54) is 0 Å². The second-order valence-electron chi connectivity index (χ2n) is 6.55. The van der Waals surface area contributed by atoms with Crippen molar-refractivity contribution >= 4 is 17.3 Å². The zero-order valence-corrected chi connectivity index (χ0v) is 13.5. The van der Waals surface area contributed by atoms with E-state index in [0.29, 0.717) is 44.0 Å². The van der Waals surface area contributed by atoms with Gasteiger partial charge >= 0.3 is 0 Å². The van der Waals surface area contributed by atoms with Crippen LogP contribution in [-0.4, -0.2) is 62.5 Å². The van der Waals surface area contributed by atoms with Gasteiger partial charge in [0.25, 0.3) is 5.91 Å². The highest BCUT2D eigenvalue weighted by Gasteiger charge is 2.39. The molecule has 1 aromatic carbocycles. The van der Waals surface area contributed by atoms with Crippen molar-refractivity contribution in [3.8, 4) is 0 Å². The standard InChI is InChI=1S/C17H22FN3O3/c18-13-10-24-4-1-15(13)21-9-11-7-14(19)16(8-12(11)17(21)22)20-2-5-23-6-3-20/h7-8,13,15H,1-6,9-10,19H2/t13-,15-/m0/s1. The van der Waals surface area contributed by atoms with Gasteiger partial charge in [-0.3, -0.25) is 4.79 Å². The Bertz CT molecular complexity index is 648. The van der Waals surface area contributed by atoms with Crippen LogP contribution in [0, 0.1) is 0 Å². The van der Waals surface area contributed by atoms with Crippen LogP contribution in [0.2, 0.25) is 0 Å². The lowest BCUT2D eigenvalue weighted by atomic mass is 10.1. The zero-order valence-electron chi connectivity index (χ0n) is 13.5. The summed E-state index contributed by atoms with van der Waals surface area (Å²) in [5.74, 6) is -0.103. The summed E-state index contributed by atoms with van der Waals surface area (Å²) < 4.78 is 24.7. The lowest BCUT2D eigenvalue weighted by Gasteiger charge is -2.33. The van der Waals surface area contributed by atoms with Gasteiger partial charge in [0.15, 0.2) is 0 Å². The molecule has 0 aliphatic carbocycles. The van der Waals surface area contributed by atoms with Crippen molar-refractivity contribution in [3.05, 3.63) is 23.3 Å². The molecule has 4 rings (SSSR count). The largest absolute Gasteiger partial charge is 0.397 e. The second-order valence-corrected chi connectivity index (χ2v) is 6.55. The molecule has 7 heteroatoms. The van der Waals surface area contributed by atoms with Crippen LogP contribution in [0.3, 0.4) is 0 Å². The highest BCUT2D eigenvalue weighted by molar-refractivity contribution is 6.00. The van der Waals surface area contributed by atoms with Crippen molar-refractivity contribution in [3.63, 3.8) is 0 Å². The first-order chi connectivity index (χ1) is 11.6. The Labute approximate surface area is 140 Å². The maximum Gasteiger partial charge on any atom is 0.254 e. The van der Waals surface area contributed by atoms with Crippen molar-refractivity contribution in [2.45, 2.75) is 25.2 Å². The minimum absolute atomic E-state index is 0.0615. The van der Waals surface area contributed by atoms with Gasteiger partial charge < -0.3 is 25.0 Å². The third-order valence-corrected chi connectivity index (χ3v) is 5.09. The molecule has 3 aliphatic rings. The van der Waals surface area contributed by atoms with Gasteiger partial charge in [-0.05, 0) is 24.1 Å². The summed E-state index contributed by atoms with van der Waals surface area (Å²) in [6.07, 6.45) is -0.597. The van der Waals surface area contributed by atoms with Gasteiger partial charge in [0.05, 0.1) is 37.2 Å². The normalized spacial score (nSPS) is 27.5. The lowest BCUT2D eigenvalue weighted by Crippen LogP contribution is -2.47. The number of morpholine rings is 1. The maximum absolute atomic E-state index is 14.2. The summed E-state index contributed by atoms with van der Waals surface area (Å²) in [6.45, 7) is 3.80. The molecule has 2 fully saturated rings. The Kier molecular flexibility index (Phi) is 4.05. The molecule has 3 aliphatic heterocycles. The first kappa shape index (κ1) is 15.7. The Balaban J connectivity index is 1.61. The van der Waals surface area contributed by atoms with E-state index >= 15 is 0 Å². The highest BCUT2D eigenvalue weighted by atomic mass is 19.1. The molecule has 1 amide bonds. The number of carbonyl (C=O) groups excluding carboxylic acids is 1. The summed E-state index contributed by atoms with van der Waals surface area (Å²) >= 11 is 0. The number of ether oxygens (including phenoxy) is 2. The number of nitrogen functional groups attached to an aromatic ring is 1. The van der Waals surface area contributed by atoms with E-state index < -0.39 is 12.2 Å². The molecule has 0 spiro atoms. The molecule has 0 unspecified atom stereocenters. The van der Waals surface area contributed by atoms with E-state index in [9.17, 15) is 9.18 Å². The number of halogens is 1. The monoisotopic (exact) mass is 335 g/mol. The number of hydrogen-bond acceptors (Lipinski definition) is 5. The lowest BCUT2D eigenvalue weighted by molar-refractivity contribution is -0.0216. The molecule has 0 bridgehead atoms. The number of rotatable bonds is 2. The Morgan fingerprint density at radius 2 is 1.96 bits per heavy atom. The van der Waals surface area contributed by atoms with Crippen LogP contribution >= 0.6 is 0 Å². The van der Waals surface area contributed by atoms with Gasteiger partial charge in [-0.2, -0.15) is 0 Å². The number of benzene rings is 1.